The number of quaternary nitrogens is 1. The van der Waals surface area contributed by atoms with E-state index in [1.807, 2.05) is 19.1 Å². The number of benzene rings is 1. The van der Waals surface area contributed by atoms with Crippen LogP contribution in [0.15, 0.2) is 18.2 Å². The van der Waals surface area contributed by atoms with E-state index in [2.05, 4.69) is 0 Å². The van der Waals surface area contributed by atoms with Gasteiger partial charge in [0.05, 0.1) is 0 Å². The van der Waals surface area contributed by atoms with Gasteiger partial charge < -0.3 is 0 Å². The van der Waals surface area contributed by atoms with Gasteiger partial charge in [-0.3, -0.25) is 4.79 Å². The van der Waals surface area contributed by atoms with E-state index in [1.54, 1.807) is 6.07 Å². The molecule has 1 aromatic carbocycles. The molecule has 0 saturated heterocycles. The topological polar surface area (TPSA) is 57.5 Å². The zero-order chi connectivity index (χ0) is 11.1. The molecule has 0 fully saturated rings. The molecule has 0 atom stereocenters. The molecule has 0 spiro atoms. The van der Waals surface area contributed by atoms with Crippen molar-refractivity contribution in [1.29, 1.82) is 0 Å². The van der Waals surface area contributed by atoms with Crippen LogP contribution in [-0.2, 0) is 13.0 Å². The fraction of sp³-hybridized carbons (Fsp3) is 0.364. The number of hydrogen-bond donors (Lipinski definition) is 2. The van der Waals surface area contributed by atoms with Gasteiger partial charge >= 0.3 is 0 Å². The van der Waals surface area contributed by atoms with Crippen molar-refractivity contribution < 1.29 is 20.0 Å². The van der Waals surface area contributed by atoms with E-state index in [9.17, 15) is 15.2 Å². The SMILES string of the molecule is CCc1ccc2c(c1)C(=O)C[N+](O)(O)C2. The Bertz CT molecular complexity index is 412. The Hall–Kier alpha value is -1.23. The summed E-state index contributed by atoms with van der Waals surface area (Å²) < 4.78 is 0. The Balaban J connectivity index is 2.46. The van der Waals surface area contributed by atoms with Gasteiger partial charge in [0.15, 0.2) is 6.54 Å². The van der Waals surface area contributed by atoms with E-state index < -0.39 is 4.81 Å². The molecule has 4 nitrogen and oxygen atoms in total. The van der Waals surface area contributed by atoms with Crippen LogP contribution in [0.4, 0.5) is 0 Å². The number of rotatable bonds is 1. The van der Waals surface area contributed by atoms with Crippen molar-refractivity contribution in [2.45, 2.75) is 19.9 Å². The summed E-state index contributed by atoms with van der Waals surface area (Å²) >= 11 is 0. The van der Waals surface area contributed by atoms with Crippen molar-refractivity contribution in [3.05, 3.63) is 34.9 Å². The monoisotopic (exact) mass is 208 g/mol. The third-order valence-electron chi connectivity index (χ3n) is 2.70. The number of hydroxylamine groups is 4. The number of ketones is 1. The molecule has 0 unspecified atom stereocenters. The smallest absolute Gasteiger partial charge is 0.223 e. The summed E-state index contributed by atoms with van der Waals surface area (Å²) in [5.41, 5.74) is 2.43. The van der Waals surface area contributed by atoms with Crippen molar-refractivity contribution in [3.8, 4) is 0 Å². The maximum Gasteiger partial charge on any atom is 0.223 e. The molecule has 0 amide bonds. The molecule has 2 rings (SSSR count). The lowest BCUT2D eigenvalue weighted by atomic mass is 9.96. The van der Waals surface area contributed by atoms with Crippen molar-refractivity contribution >= 4 is 5.78 Å². The summed E-state index contributed by atoms with van der Waals surface area (Å²) in [6.07, 6.45) is 0.874. The molecular weight excluding hydrogens is 194 g/mol. The highest BCUT2D eigenvalue weighted by Crippen LogP contribution is 2.22. The van der Waals surface area contributed by atoms with Gasteiger partial charge in [0.2, 0.25) is 12.3 Å². The second kappa shape index (κ2) is 3.41. The Morgan fingerprint density at radius 3 is 2.73 bits per heavy atom. The average Bonchev–Trinajstić information content (AvgIpc) is 2.15. The molecule has 1 aliphatic rings. The first-order chi connectivity index (χ1) is 7.02. The Morgan fingerprint density at radius 1 is 1.33 bits per heavy atom. The predicted octanol–water partition coefficient (Wildman–Crippen LogP) is 1.54. The quantitative estimate of drug-likeness (QED) is 0.688. The van der Waals surface area contributed by atoms with Gasteiger partial charge in [0.1, 0.15) is 0 Å². The highest BCUT2D eigenvalue weighted by molar-refractivity contribution is 5.99. The van der Waals surface area contributed by atoms with Crippen LogP contribution in [0, 0.1) is 0 Å². The fourth-order valence-corrected chi connectivity index (χ4v) is 1.88. The molecule has 0 aromatic heterocycles. The molecule has 0 aliphatic carbocycles. The lowest BCUT2D eigenvalue weighted by molar-refractivity contribution is -1.25. The molecule has 4 heteroatoms. The molecule has 0 saturated carbocycles. The van der Waals surface area contributed by atoms with E-state index in [4.69, 9.17) is 0 Å². The number of aryl methyl sites for hydroxylation is 1. The van der Waals surface area contributed by atoms with Crippen LogP contribution in [-0.4, -0.2) is 27.6 Å². The normalized spacial score (nSPS) is 18.7. The molecule has 1 aliphatic heterocycles. The van der Waals surface area contributed by atoms with E-state index in [-0.39, 0.29) is 18.9 Å². The number of nitrogens with zero attached hydrogens (tertiary/aromatic N) is 1. The minimum absolute atomic E-state index is 0.0745. The number of carbonyl (C=O) groups excluding carboxylic acids is 1. The first-order valence-electron chi connectivity index (χ1n) is 4.99. The summed E-state index contributed by atoms with van der Waals surface area (Å²) in [5, 5.41) is 18.8. The second-order valence-corrected chi connectivity index (χ2v) is 3.96. The largest absolute Gasteiger partial charge is 0.287 e. The van der Waals surface area contributed by atoms with Gasteiger partial charge in [-0.2, -0.15) is 10.4 Å². The maximum atomic E-state index is 11.6. The molecular formula is C11H14NO3+. The number of Topliss-reactive ketones (excluding diaryl/α,β-unsaturated/α-hetero) is 1. The molecule has 1 heterocycles. The van der Waals surface area contributed by atoms with Crippen LogP contribution in [0.2, 0.25) is 0 Å². The number of carbonyl (C=O) groups is 1. The van der Waals surface area contributed by atoms with E-state index in [0.717, 1.165) is 12.0 Å². The summed E-state index contributed by atoms with van der Waals surface area (Å²) in [4.78, 5) is 10.4. The van der Waals surface area contributed by atoms with Crippen molar-refractivity contribution in [2.24, 2.45) is 0 Å². The Morgan fingerprint density at radius 2 is 2.07 bits per heavy atom. The van der Waals surface area contributed by atoms with Gasteiger partial charge in [-0.25, -0.2) is 0 Å². The van der Waals surface area contributed by atoms with Gasteiger partial charge in [0, 0.05) is 11.1 Å². The summed E-state index contributed by atoms with van der Waals surface area (Å²) in [5.74, 6) is -0.212. The minimum Gasteiger partial charge on any atom is -0.287 e. The van der Waals surface area contributed by atoms with Gasteiger partial charge in [0.25, 0.3) is 0 Å². The second-order valence-electron chi connectivity index (χ2n) is 3.96. The van der Waals surface area contributed by atoms with Crippen molar-refractivity contribution in [2.75, 3.05) is 6.54 Å². The van der Waals surface area contributed by atoms with Crippen LogP contribution >= 0.6 is 0 Å². The first kappa shape index (κ1) is 10.3. The highest BCUT2D eigenvalue weighted by Gasteiger charge is 2.36. The van der Waals surface area contributed by atoms with Crippen molar-refractivity contribution in [1.82, 2.24) is 0 Å². The predicted molar refractivity (Wildman–Crippen MR) is 52.6 cm³/mol. The van der Waals surface area contributed by atoms with E-state index in [1.165, 1.54) is 0 Å². The van der Waals surface area contributed by atoms with Crippen LogP contribution in [0.1, 0.15) is 28.4 Å². The number of fused-ring (bicyclic) bond motifs is 1. The van der Waals surface area contributed by atoms with Crippen molar-refractivity contribution in [3.63, 3.8) is 0 Å². The fourth-order valence-electron chi connectivity index (χ4n) is 1.88. The average molecular weight is 208 g/mol. The lowest BCUT2D eigenvalue weighted by Gasteiger charge is -2.26. The Labute approximate surface area is 87.9 Å². The zero-order valence-electron chi connectivity index (χ0n) is 8.60. The van der Waals surface area contributed by atoms with Gasteiger partial charge in [-0.05, 0) is 22.9 Å². The van der Waals surface area contributed by atoms with Crippen LogP contribution in [0.5, 0.6) is 0 Å². The molecule has 0 bridgehead atoms. The summed E-state index contributed by atoms with van der Waals surface area (Å²) in [6.45, 7) is 1.83. The summed E-state index contributed by atoms with van der Waals surface area (Å²) in [7, 11) is 0. The third-order valence-corrected chi connectivity index (χ3v) is 2.70. The maximum absolute atomic E-state index is 11.6. The lowest BCUT2D eigenvalue weighted by Crippen LogP contribution is -2.48. The molecule has 15 heavy (non-hydrogen) atoms. The first-order valence-corrected chi connectivity index (χ1v) is 4.99. The number of hydrogen-bond acceptors (Lipinski definition) is 3. The van der Waals surface area contributed by atoms with E-state index in [0.29, 0.717) is 11.1 Å². The molecule has 2 N–H and O–H groups in total. The zero-order valence-corrected chi connectivity index (χ0v) is 8.60. The van der Waals surface area contributed by atoms with Crippen LogP contribution in [0.25, 0.3) is 0 Å². The van der Waals surface area contributed by atoms with Gasteiger partial charge in [-0.15, -0.1) is 0 Å². The van der Waals surface area contributed by atoms with Gasteiger partial charge in [-0.1, -0.05) is 19.1 Å². The third kappa shape index (κ3) is 1.92. The standard InChI is InChI=1S/C11H14NO3/c1-2-8-3-4-9-6-12(14,15)7-11(13)10(9)5-8/h3-5,14-15H,2,6-7H2,1H3/q+1. The van der Waals surface area contributed by atoms with Crippen LogP contribution < -0.4 is 0 Å². The molecule has 1 aromatic rings. The van der Waals surface area contributed by atoms with E-state index >= 15 is 0 Å². The molecule has 0 radical (unpaired) electrons. The highest BCUT2D eigenvalue weighted by atomic mass is 16.8. The Kier molecular flexibility index (Phi) is 2.34. The van der Waals surface area contributed by atoms with Crippen LogP contribution in [0.3, 0.4) is 0 Å². The molecule has 80 valence electrons. The summed E-state index contributed by atoms with van der Waals surface area (Å²) in [6, 6.07) is 5.55. The minimum atomic E-state index is -1.22.